The molecule has 0 saturated carbocycles. The summed E-state index contributed by atoms with van der Waals surface area (Å²) in [5.74, 6) is -0.688. The minimum Gasteiger partial charge on any atom is -0.495 e. The molecule has 1 rings (SSSR count). The van der Waals surface area contributed by atoms with Crippen molar-refractivity contribution < 1.29 is 36.1 Å². The summed E-state index contributed by atoms with van der Waals surface area (Å²) in [6.07, 6.45) is -0.501. The molecule has 0 radical (unpaired) electrons. The molecule has 0 aliphatic rings. The van der Waals surface area contributed by atoms with E-state index >= 15 is 0 Å². The summed E-state index contributed by atoms with van der Waals surface area (Å²) in [4.78, 5) is 15.9. The van der Waals surface area contributed by atoms with Gasteiger partial charge >= 0.3 is 5.97 Å². The van der Waals surface area contributed by atoms with Gasteiger partial charge in [0.15, 0.2) is 6.23 Å². The van der Waals surface area contributed by atoms with E-state index in [9.17, 15) is 17.4 Å². The third kappa shape index (κ3) is 6.02. The van der Waals surface area contributed by atoms with Crippen LogP contribution < -0.4 is 9.46 Å². The van der Waals surface area contributed by atoms with Gasteiger partial charge in [-0.3, -0.25) is 4.79 Å². The van der Waals surface area contributed by atoms with E-state index < -0.39 is 33.3 Å². The molecule has 1 aromatic carbocycles. The summed E-state index contributed by atoms with van der Waals surface area (Å²) in [6.45, 7) is 4.90. The normalized spacial score (nSPS) is 15.1. The zero-order valence-corrected chi connectivity index (χ0v) is 16.8. The number of esters is 1. The van der Waals surface area contributed by atoms with Gasteiger partial charge in [0.2, 0.25) is 21.1 Å². The second kappa shape index (κ2) is 9.97. The lowest BCUT2D eigenvalue weighted by atomic mass is 10.1. The van der Waals surface area contributed by atoms with E-state index in [1.54, 1.807) is 6.92 Å². The number of hydrogen-bond donors (Lipinski definition) is 1. The fourth-order valence-corrected chi connectivity index (χ4v) is 3.77. The molecule has 148 valence electrons. The van der Waals surface area contributed by atoms with Gasteiger partial charge in [-0.1, -0.05) is 13.8 Å². The largest absolute Gasteiger partial charge is 0.495 e. The van der Waals surface area contributed by atoms with Crippen molar-refractivity contribution in [3.8, 4) is 5.75 Å². The molecule has 0 spiro atoms. The van der Waals surface area contributed by atoms with Gasteiger partial charge in [0.25, 0.3) is 0 Å². The molecule has 0 bridgehead atoms. The van der Waals surface area contributed by atoms with Gasteiger partial charge in [-0.05, 0) is 31.5 Å². The summed E-state index contributed by atoms with van der Waals surface area (Å²) in [5, 5.41) is 0. The Kier molecular flexibility index (Phi) is 8.63. The highest BCUT2D eigenvalue weighted by Crippen LogP contribution is 2.26. The summed E-state index contributed by atoms with van der Waals surface area (Å²) in [7, 11) is -1.54. The second-order valence-electron chi connectivity index (χ2n) is 5.29. The van der Waals surface area contributed by atoms with E-state index in [2.05, 4.69) is 13.9 Å². The number of benzene rings is 1. The molecule has 0 aliphatic carbocycles. The summed E-state index contributed by atoms with van der Waals surface area (Å²) >= 11 is -2.09. The maximum Gasteiger partial charge on any atom is 0.310 e. The zero-order valence-electron chi connectivity index (χ0n) is 15.2. The van der Waals surface area contributed by atoms with E-state index in [0.717, 1.165) is 6.07 Å². The monoisotopic (exact) mass is 409 g/mol. The Bertz CT molecular complexity index is 750. The smallest absolute Gasteiger partial charge is 0.310 e. The van der Waals surface area contributed by atoms with E-state index in [1.165, 1.54) is 33.3 Å². The first-order valence-corrected chi connectivity index (χ1v) is 10.3. The van der Waals surface area contributed by atoms with Crippen molar-refractivity contribution in [1.29, 1.82) is 0 Å². The molecular formula is C15H23NO8S2. The second-order valence-corrected chi connectivity index (χ2v) is 8.05. The van der Waals surface area contributed by atoms with Crippen LogP contribution >= 0.6 is 0 Å². The quantitative estimate of drug-likeness (QED) is 0.267. The van der Waals surface area contributed by atoms with Crippen molar-refractivity contribution in [2.75, 3.05) is 14.2 Å². The molecule has 3 unspecified atom stereocenters. The average Bonchev–Trinajstić information content (AvgIpc) is 2.59. The number of hydrogen-bond acceptors (Lipinski definition) is 8. The Morgan fingerprint density at radius 1 is 1.27 bits per heavy atom. The van der Waals surface area contributed by atoms with E-state index in [0.29, 0.717) is 6.42 Å². The molecule has 1 N–H and O–H groups in total. The standard InChI is InChI=1S/C15H23NO8S2/c1-6-10(2)15(17)23-11(3)16-26(19,20)12-7-8-13(21-4)14(9-12)25(18)24-22-5/h7-11,16H,6H2,1-5H3. The minimum atomic E-state index is -4.05. The van der Waals surface area contributed by atoms with Crippen LogP contribution in [0.5, 0.6) is 5.75 Å². The van der Waals surface area contributed by atoms with Crippen LogP contribution in [0.15, 0.2) is 28.0 Å². The molecule has 0 heterocycles. The van der Waals surface area contributed by atoms with Crippen molar-refractivity contribution in [2.45, 2.75) is 43.2 Å². The zero-order chi connectivity index (χ0) is 19.9. The highest BCUT2D eigenvalue weighted by atomic mass is 32.2. The van der Waals surface area contributed by atoms with Gasteiger partial charge in [0.1, 0.15) is 10.6 Å². The van der Waals surface area contributed by atoms with Crippen LogP contribution in [0.1, 0.15) is 27.2 Å². The molecule has 0 amide bonds. The molecule has 3 atom stereocenters. The number of nitrogens with one attached hydrogen (secondary N) is 1. The molecule has 11 heteroatoms. The van der Waals surface area contributed by atoms with Crippen LogP contribution in [0.25, 0.3) is 0 Å². The number of carbonyl (C=O) groups is 1. The van der Waals surface area contributed by atoms with Gasteiger partial charge in [-0.2, -0.15) is 4.72 Å². The Morgan fingerprint density at radius 2 is 1.92 bits per heavy atom. The van der Waals surface area contributed by atoms with Crippen LogP contribution in [-0.4, -0.2) is 39.0 Å². The molecule has 0 saturated heterocycles. The topological polar surface area (TPSA) is 117 Å². The fraction of sp³-hybridized carbons (Fsp3) is 0.533. The summed E-state index contributed by atoms with van der Waals surface area (Å²) in [6, 6.07) is 3.72. The lowest BCUT2D eigenvalue weighted by Crippen LogP contribution is -2.37. The summed E-state index contributed by atoms with van der Waals surface area (Å²) in [5.41, 5.74) is 0. The molecule has 0 aromatic heterocycles. The minimum absolute atomic E-state index is 0.0264. The van der Waals surface area contributed by atoms with Crippen LogP contribution in [0.2, 0.25) is 0 Å². The lowest BCUT2D eigenvalue weighted by Gasteiger charge is -2.18. The Balaban J connectivity index is 3.03. The lowest BCUT2D eigenvalue weighted by molar-refractivity contribution is -0.166. The number of ether oxygens (including phenoxy) is 2. The van der Waals surface area contributed by atoms with Crippen molar-refractivity contribution >= 4 is 27.1 Å². The van der Waals surface area contributed by atoms with Crippen molar-refractivity contribution in [1.82, 2.24) is 4.72 Å². The van der Waals surface area contributed by atoms with Gasteiger partial charge in [-0.25, -0.2) is 17.5 Å². The number of rotatable bonds is 10. The maximum atomic E-state index is 12.5. The summed E-state index contributed by atoms with van der Waals surface area (Å²) < 4.78 is 53.8. The Morgan fingerprint density at radius 3 is 2.46 bits per heavy atom. The van der Waals surface area contributed by atoms with E-state index in [1.807, 2.05) is 6.92 Å². The van der Waals surface area contributed by atoms with Gasteiger partial charge in [0, 0.05) is 0 Å². The van der Waals surface area contributed by atoms with E-state index in [-0.39, 0.29) is 21.5 Å². The SMILES string of the molecule is CCC(C)C(=O)OC(C)NS(=O)(=O)c1ccc(OC)c(S(=O)OOC)c1. The highest BCUT2D eigenvalue weighted by Gasteiger charge is 2.24. The molecule has 1 aromatic rings. The number of carbonyl (C=O) groups excluding carboxylic acids is 1. The number of sulfonamides is 1. The van der Waals surface area contributed by atoms with Gasteiger partial charge in [-0.15, -0.1) is 4.33 Å². The first-order chi connectivity index (χ1) is 12.2. The van der Waals surface area contributed by atoms with Crippen molar-refractivity contribution in [3.63, 3.8) is 0 Å². The van der Waals surface area contributed by atoms with E-state index in [4.69, 9.17) is 9.47 Å². The van der Waals surface area contributed by atoms with Crippen molar-refractivity contribution in [3.05, 3.63) is 18.2 Å². The average molecular weight is 409 g/mol. The Hall–Kier alpha value is -1.53. The molecule has 9 nitrogen and oxygen atoms in total. The molecular weight excluding hydrogens is 386 g/mol. The van der Waals surface area contributed by atoms with Crippen LogP contribution in [-0.2, 0) is 39.9 Å². The van der Waals surface area contributed by atoms with Crippen molar-refractivity contribution in [2.24, 2.45) is 5.92 Å². The molecule has 0 aliphatic heterocycles. The third-order valence-electron chi connectivity index (χ3n) is 3.38. The predicted octanol–water partition coefficient (Wildman–Crippen LogP) is 1.51. The number of methoxy groups -OCH3 is 1. The van der Waals surface area contributed by atoms with Crippen LogP contribution in [0, 0.1) is 5.92 Å². The molecule has 0 fully saturated rings. The first kappa shape index (κ1) is 22.5. The Labute approximate surface area is 155 Å². The van der Waals surface area contributed by atoms with Crippen LogP contribution in [0.4, 0.5) is 0 Å². The third-order valence-corrected chi connectivity index (χ3v) is 5.84. The fourth-order valence-electron chi connectivity index (χ4n) is 1.82. The van der Waals surface area contributed by atoms with Gasteiger partial charge < -0.3 is 9.47 Å². The van der Waals surface area contributed by atoms with Crippen LogP contribution in [0.3, 0.4) is 0 Å². The molecule has 26 heavy (non-hydrogen) atoms. The first-order valence-electron chi connectivity index (χ1n) is 7.70. The predicted molar refractivity (Wildman–Crippen MR) is 92.8 cm³/mol. The highest BCUT2D eigenvalue weighted by molar-refractivity contribution is 7.89. The maximum absolute atomic E-state index is 12.5. The van der Waals surface area contributed by atoms with Gasteiger partial charge in [0.05, 0.1) is 25.0 Å².